The fraction of sp³-hybridized carbons (Fsp3) is 0.308. The van der Waals surface area contributed by atoms with Crippen molar-refractivity contribution in [1.82, 2.24) is 24.8 Å². The molecule has 2 atom stereocenters. The molecule has 2 bridgehead atoms. The predicted octanol–water partition coefficient (Wildman–Crippen LogP) is 4.55. The molecule has 0 fully saturated rings. The Kier molecular flexibility index (Phi) is 5.07. The summed E-state index contributed by atoms with van der Waals surface area (Å²) in [5.41, 5.74) is 1.40. The van der Waals surface area contributed by atoms with Crippen LogP contribution >= 0.6 is 0 Å². The Morgan fingerprint density at radius 1 is 1.19 bits per heavy atom. The number of aliphatic hydroxyl groups is 1. The molecular weight excluding hydrogens is 487 g/mol. The van der Waals surface area contributed by atoms with Gasteiger partial charge in [0.15, 0.2) is 5.82 Å². The van der Waals surface area contributed by atoms with Crippen LogP contribution in [0.15, 0.2) is 36.5 Å². The van der Waals surface area contributed by atoms with Gasteiger partial charge in [0.25, 0.3) is 5.91 Å². The zero-order chi connectivity index (χ0) is 26.2. The second kappa shape index (κ2) is 8.01. The number of fused-ring (bicyclic) bond motifs is 9. The monoisotopic (exact) mass is 509 g/mol. The van der Waals surface area contributed by atoms with Crippen molar-refractivity contribution in [2.45, 2.75) is 51.5 Å². The molecule has 0 saturated heterocycles. The number of carbonyl (C=O) groups is 1. The zero-order valence-corrected chi connectivity index (χ0v) is 20.1. The molecule has 0 unspecified atom stereocenters. The molecule has 11 heteroatoms. The summed E-state index contributed by atoms with van der Waals surface area (Å²) in [5.74, 6) is -0.317. The van der Waals surface area contributed by atoms with Crippen LogP contribution in [0.25, 0.3) is 22.2 Å². The second-order valence-electron chi connectivity index (χ2n) is 9.79. The van der Waals surface area contributed by atoms with E-state index in [4.69, 9.17) is 4.74 Å². The molecule has 6 rings (SSSR count). The van der Waals surface area contributed by atoms with Crippen molar-refractivity contribution in [1.29, 1.82) is 0 Å². The highest BCUT2D eigenvalue weighted by Gasteiger charge is 2.42. The number of carbonyl (C=O) groups excluding carboxylic acids is 1. The van der Waals surface area contributed by atoms with Gasteiger partial charge < -0.3 is 19.7 Å². The molecule has 2 N–H and O–H groups in total. The van der Waals surface area contributed by atoms with Gasteiger partial charge in [-0.25, -0.2) is 19.3 Å². The third-order valence-electron chi connectivity index (χ3n) is 6.87. The van der Waals surface area contributed by atoms with Gasteiger partial charge in [0.2, 0.25) is 0 Å². The Bertz CT molecular complexity index is 1590. The minimum absolute atomic E-state index is 0.0863. The van der Waals surface area contributed by atoms with Crippen molar-refractivity contribution in [3.63, 3.8) is 0 Å². The van der Waals surface area contributed by atoms with Gasteiger partial charge in [0.1, 0.15) is 23.0 Å². The summed E-state index contributed by atoms with van der Waals surface area (Å²) in [6, 6.07) is 6.38. The van der Waals surface area contributed by atoms with Crippen LogP contribution in [0.4, 0.5) is 13.2 Å². The molecule has 2 aliphatic heterocycles. The number of alkyl halides is 2. The zero-order valence-electron chi connectivity index (χ0n) is 20.1. The van der Waals surface area contributed by atoms with Gasteiger partial charge in [-0.15, -0.1) is 0 Å². The van der Waals surface area contributed by atoms with Crippen LogP contribution in [0.5, 0.6) is 5.75 Å². The van der Waals surface area contributed by atoms with Crippen molar-refractivity contribution >= 4 is 16.9 Å². The molecule has 0 aliphatic carbocycles. The van der Waals surface area contributed by atoms with Crippen LogP contribution in [0.1, 0.15) is 65.6 Å². The summed E-state index contributed by atoms with van der Waals surface area (Å²) < 4.78 is 48.4. The molecule has 0 spiro atoms. The molecule has 2 aromatic carbocycles. The summed E-state index contributed by atoms with van der Waals surface area (Å²) in [4.78, 5) is 26.1. The Balaban J connectivity index is 1.55. The molecule has 0 saturated carbocycles. The number of aryl methyl sites for hydroxylation is 1. The average Bonchev–Trinajstić information content (AvgIpc) is 3.29. The highest BCUT2D eigenvalue weighted by molar-refractivity contribution is 5.98. The number of imidazole rings is 1. The lowest BCUT2D eigenvalue weighted by atomic mass is 9.97. The number of nitrogens with one attached hydrogen (secondary N) is 1. The lowest BCUT2D eigenvalue weighted by Crippen LogP contribution is -2.28. The Morgan fingerprint density at radius 3 is 2.68 bits per heavy atom. The van der Waals surface area contributed by atoms with E-state index in [9.17, 15) is 18.7 Å². The van der Waals surface area contributed by atoms with Crippen LogP contribution < -0.4 is 10.1 Å². The van der Waals surface area contributed by atoms with E-state index in [1.165, 1.54) is 24.4 Å². The summed E-state index contributed by atoms with van der Waals surface area (Å²) in [7, 11) is 0. The van der Waals surface area contributed by atoms with Crippen molar-refractivity contribution in [2.24, 2.45) is 0 Å². The van der Waals surface area contributed by atoms with E-state index in [-0.39, 0.29) is 22.7 Å². The smallest absolute Gasteiger partial charge is 0.387 e. The highest BCUT2D eigenvalue weighted by Crippen LogP contribution is 2.48. The van der Waals surface area contributed by atoms with Gasteiger partial charge in [-0.1, -0.05) is 6.07 Å². The first kappa shape index (κ1) is 23.4. The van der Waals surface area contributed by atoms with Crippen molar-refractivity contribution < 1.29 is 27.8 Å². The van der Waals surface area contributed by atoms with Gasteiger partial charge >= 0.3 is 6.61 Å². The van der Waals surface area contributed by atoms with Crippen LogP contribution in [-0.2, 0) is 5.60 Å². The molecule has 37 heavy (non-hydrogen) atoms. The fourth-order valence-electron chi connectivity index (χ4n) is 5.27. The number of hydrogen-bond donors (Lipinski definition) is 2. The highest BCUT2D eigenvalue weighted by atomic mass is 19.3. The van der Waals surface area contributed by atoms with E-state index in [2.05, 4.69) is 20.3 Å². The topological polar surface area (TPSA) is 102 Å². The first-order chi connectivity index (χ1) is 17.5. The summed E-state index contributed by atoms with van der Waals surface area (Å²) in [5, 5.41) is 13.1. The molecule has 4 heterocycles. The molecular formula is C26H22F3N5O3. The number of ether oxygens (including phenoxy) is 1. The largest absolute Gasteiger partial charge is 0.434 e. The number of nitrogens with zero attached hydrogens (tertiary/aromatic N) is 4. The minimum Gasteiger partial charge on any atom is -0.434 e. The second-order valence-corrected chi connectivity index (χ2v) is 9.79. The Morgan fingerprint density at radius 2 is 1.97 bits per heavy atom. The molecule has 2 aromatic heterocycles. The standard InChI is InChI=1S/C26H22F3N5O3/c1-11-14(10-30-24(31-11)26(2,3)36)13-7-18-16(8-15(13)27)32-22-17-9-19(34(18)22)21-12(23(35)33-17)5-4-6-20(21)37-25(28)29/h4-8,10,17,19,25,36H,9H2,1-3H3,(H,33,35)/t17-,19-/m1/s1. The number of amides is 1. The minimum atomic E-state index is -3.07. The van der Waals surface area contributed by atoms with Crippen molar-refractivity contribution in [3.05, 3.63) is 70.8 Å². The van der Waals surface area contributed by atoms with Crippen LogP contribution in [0.3, 0.4) is 0 Å². The third-order valence-corrected chi connectivity index (χ3v) is 6.87. The quantitative estimate of drug-likeness (QED) is 0.419. The first-order valence-corrected chi connectivity index (χ1v) is 11.7. The molecule has 8 nitrogen and oxygen atoms in total. The number of benzene rings is 2. The molecule has 1 amide bonds. The van der Waals surface area contributed by atoms with Gasteiger partial charge in [0, 0.05) is 40.2 Å². The normalized spacial score (nSPS) is 18.5. The predicted molar refractivity (Wildman–Crippen MR) is 127 cm³/mol. The third kappa shape index (κ3) is 3.64. The maximum atomic E-state index is 15.3. The lowest BCUT2D eigenvalue weighted by Gasteiger charge is -2.21. The molecule has 190 valence electrons. The van der Waals surface area contributed by atoms with Crippen LogP contribution in [-0.4, -0.2) is 37.1 Å². The maximum Gasteiger partial charge on any atom is 0.387 e. The number of aromatic nitrogens is 4. The summed E-state index contributed by atoms with van der Waals surface area (Å²) in [6.07, 6.45) is 1.85. The molecule has 4 aromatic rings. The number of hydrogen-bond acceptors (Lipinski definition) is 6. The van der Waals surface area contributed by atoms with Gasteiger partial charge in [-0.2, -0.15) is 8.78 Å². The van der Waals surface area contributed by atoms with Crippen molar-refractivity contribution in [3.8, 4) is 16.9 Å². The Labute approximate surface area is 209 Å². The van der Waals surface area contributed by atoms with E-state index in [0.717, 1.165) is 0 Å². The maximum absolute atomic E-state index is 15.3. The number of rotatable bonds is 4. The lowest BCUT2D eigenvalue weighted by molar-refractivity contribution is -0.0507. The van der Waals surface area contributed by atoms with Gasteiger partial charge in [-0.05, 0) is 45.4 Å². The van der Waals surface area contributed by atoms with Crippen molar-refractivity contribution in [2.75, 3.05) is 0 Å². The summed E-state index contributed by atoms with van der Waals surface area (Å²) in [6.45, 7) is 1.76. The first-order valence-electron chi connectivity index (χ1n) is 11.7. The van der Waals surface area contributed by atoms with E-state index < -0.39 is 36.0 Å². The Hall–Kier alpha value is -3.99. The van der Waals surface area contributed by atoms with E-state index in [0.29, 0.717) is 40.1 Å². The number of halogens is 3. The van der Waals surface area contributed by atoms with Crippen LogP contribution in [0, 0.1) is 12.7 Å². The van der Waals surface area contributed by atoms with Gasteiger partial charge in [0.05, 0.1) is 23.1 Å². The average molecular weight is 509 g/mol. The molecule has 0 radical (unpaired) electrons. The van der Waals surface area contributed by atoms with E-state index in [1.54, 1.807) is 32.9 Å². The fourth-order valence-corrected chi connectivity index (χ4v) is 5.27. The summed E-state index contributed by atoms with van der Waals surface area (Å²) >= 11 is 0. The van der Waals surface area contributed by atoms with E-state index in [1.807, 2.05) is 4.57 Å². The van der Waals surface area contributed by atoms with Gasteiger partial charge in [-0.3, -0.25) is 4.79 Å². The van der Waals surface area contributed by atoms with Crippen LogP contribution in [0.2, 0.25) is 0 Å². The van der Waals surface area contributed by atoms with E-state index >= 15 is 4.39 Å². The molecule has 2 aliphatic rings. The SMILES string of the molecule is Cc1nc(C(C)(C)O)ncc1-c1cc2c(cc1F)nc1n2[C@@H]2C[C@H]1NC(=O)c1cccc(OC(F)F)c12.